The Labute approximate surface area is 163 Å². The van der Waals surface area contributed by atoms with Gasteiger partial charge in [0.15, 0.2) is 0 Å². The molecule has 10 heteroatoms. The van der Waals surface area contributed by atoms with Crippen LogP contribution in [0.1, 0.15) is 29.7 Å². The maximum Gasteiger partial charge on any atom is 0.416 e. The van der Waals surface area contributed by atoms with Crippen LogP contribution in [0.4, 0.5) is 23.7 Å². The summed E-state index contributed by atoms with van der Waals surface area (Å²) < 4.78 is 38.5. The largest absolute Gasteiger partial charge is 0.506 e. The van der Waals surface area contributed by atoms with E-state index in [0.717, 1.165) is 16.4 Å². The molecule has 0 aliphatic rings. The predicted octanol–water partition coefficient (Wildman–Crippen LogP) is 4.68. The molecule has 0 aliphatic carbocycles. The molecule has 3 N–H and O–H groups in total. The predicted molar refractivity (Wildman–Crippen MR) is 98.9 cm³/mol. The van der Waals surface area contributed by atoms with Gasteiger partial charge in [0.25, 0.3) is 0 Å². The summed E-state index contributed by atoms with van der Waals surface area (Å²) >= 11 is 9.95. The summed E-state index contributed by atoms with van der Waals surface area (Å²) in [6.07, 6.45) is -5.46. The Morgan fingerprint density at radius 1 is 1.30 bits per heavy atom. The van der Waals surface area contributed by atoms with E-state index in [1.807, 2.05) is 0 Å². The number of thiol groups is 1. The van der Waals surface area contributed by atoms with Crippen molar-refractivity contribution in [2.45, 2.75) is 25.7 Å². The monoisotopic (exact) mass is 420 g/mol. The Bertz CT molecular complexity index is 829. The highest BCUT2D eigenvalue weighted by Crippen LogP contribution is 2.36. The van der Waals surface area contributed by atoms with Crippen LogP contribution in [0.15, 0.2) is 36.4 Å². The number of nitrogens with one attached hydrogen (secondary N) is 1. The molecule has 2 amide bonds. The maximum absolute atomic E-state index is 12.5. The molecule has 0 saturated heterocycles. The molecule has 0 aliphatic heterocycles. The molecule has 0 heterocycles. The van der Waals surface area contributed by atoms with Crippen LogP contribution in [0.25, 0.3) is 0 Å². The van der Waals surface area contributed by atoms with Gasteiger partial charge in [0.1, 0.15) is 5.75 Å². The molecule has 1 unspecified atom stereocenters. The number of halogens is 4. The van der Waals surface area contributed by atoms with Gasteiger partial charge in [-0.15, -0.1) is 0 Å². The smallest absolute Gasteiger partial charge is 0.416 e. The number of aromatic hydroxyl groups is 1. The molecule has 0 bridgehead atoms. The van der Waals surface area contributed by atoms with Crippen molar-refractivity contribution in [3.8, 4) is 5.75 Å². The summed E-state index contributed by atoms with van der Waals surface area (Å²) in [5, 5.41) is 21.9. The van der Waals surface area contributed by atoms with E-state index in [4.69, 9.17) is 11.6 Å². The molecule has 0 saturated carbocycles. The summed E-state index contributed by atoms with van der Waals surface area (Å²) in [4.78, 5) is 12.2. The third-order valence-electron chi connectivity index (χ3n) is 3.69. The number of aliphatic hydroxyl groups is 1. The number of rotatable bonds is 4. The molecule has 146 valence electrons. The Balaban J connectivity index is 2.08. The van der Waals surface area contributed by atoms with E-state index in [0.29, 0.717) is 5.56 Å². The lowest BCUT2D eigenvalue weighted by Gasteiger charge is -2.19. The first-order valence-electron chi connectivity index (χ1n) is 7.64. The van der Waals surface area contributed by atoms with Crippen LogP contribution in [-0.4, -0.2) is 16.2 Å². The molecule has 0 aromatic heterocycles. The van der Waals surface area contributed by atoms with Crippen LogP contribution >= 0.6 is 24.4 Å². The number of carbonyl (C=O) groups is 1. The van der Waals surface area contributed by atoms with Gasteiger partial charge in [-0.25, -0.2) is 9.10 Å². The second-order valence-corrected chi connectivity index (χ2v) is 6.51. The van der Waals surface area contributed by atoms with Crippen LogP contribution in [-0.2, 0) is 12.7 Å². The number of hydrogen-bond acceptors (Lipinski definition) is 4. The van der Waals surface area contributed by atoms with E-state index < -0.39 is 23.9 Å². The minimum atomic E-state index is -4.43. The third-order valence-corrected chi connectivity index (χ3v) is 4.39. The van der Waals surface area contributed by atoms with Crippen molar-refractivity contribution < 1.29 is 28.2 Å². The summed E-state index contributed by atoms with van der Waals surface area (Å²) in [7, 11) is 0. The Hall–Kier alpha value is -2.10. The van der Waals surface area contributed by atoms with Gasteiger partial charge in [-0.3, -0.25) is 0 Å². The molecule has 2 aromatic carbocycles. The standard InChI is InChI=1S/C17H16ClF3N2O3S/c1-9(24)13-6-12(7-14(18)15(13)25)23(27)16(26)22-8-10-2-4-11(5-3-10)17(19,20)21/h2-7,9,24-25,27H,8H2,1H3,(H,22,26). The summed E-state index contributed by atoms with van der Waals surface area (Å²) in [5.41, 5.74) is -0.00156. The zero-order chi connectivity index (χ0) is 20.4. The number of aliphatic hydroxyl groups excluding tert-OH is 1. The lowest BCUT2D eigenvalue weighted by atomic mass is 10.1. The normalized spacial score (nSPS) is 12.6. The number of nitrogens with zero attached hydrogens (tertiary/aromatic N) is 1. The third kappa shape index (κ3) is 5.21. The van der Waals surface area contributed by atoms with Crippen LogP contribution < -0.4 is 9.62 Å². The average molecular weight is 421 g/mol. The van der Waals surface area contributed by atoms with E-state index in [1.54, 1.807) is 0 Å². The van der Waals surface area contributed by atoms with Gasteiger partial charge < -0.3 is 15.5 Å². The van der Waals surface area contributed by atoms with Gasteiger partial charge in [-0.05, 0) is 36.8 Å². The molecule has 0 fully saturated rings. The number of urea groups is 1. The highest BCUT2D eigenvalue weighted by Gasteiger charge is 2.29. The zero-order valence-electron chi connectivity index (χ0n) is 14.0. The molecule has 5 nitrogen and oxygen atoms in total. The fourth-order valence-electron chi connectivity index (χ4n) is 2.23. The molecule has 2 aromatic rings. The molecular weight excluding hydrogens is 405 g/mol. The summed E-state index contributed by atoms with van der Waals surface area (Å²) in [6, 6.07) is 6.33. The first-order chi connectivity index (χ1) is 12.5. The molecular formula is C17H16ClF3N2O3S. The number of carbonyl (C=O) groups excluding carboxylic acids is 1. The van der Waals surface area contributed by atoms with Crippen LogP contribution in [0, 0.1) is 0 Å². The molecule has 1 atom stereocenters. The average Bonchev–Trinajstić information content (AvgIpc) is 2.60. The number of hydrogen-bond donors (Lipinski definition) is 4. The van der Waals surface area contributed by atoms with E-state index in [9.17, 15) is 28.2 Å². The Morgan fingerprint density at radius 3 is 2.41 bits per heavy atom. The number of alkyl halides is 3. The van der Waals surface area contributed by atoms with E-state index in [2.05, 4.69) is 18.1 Å². The quantitative estimate of drug-likeness (QED) is 0.543. The molecule has 0 spiro atoms. The van der Waals surface area contributed by atoms with E-state index >= 15 is 0 Å². The first kappa shape index (κ1) is 21.2. The van der Waals surface area contributed by atoms with Crippen LogP contribution in [0.3, 0.4) is 0 Å². The number of amides is 2. The summed E-state index contributed by atoms with van der Waals surface area (Å²) in [6.45, 7) is 1.39. The fourth-order valence-corrected chi connectivity index (χ4v) is 2.63. The van der Waals surface area contributed by atoms with Crippen molar-refractivity contribution in [3.63, 3.8) is 0 Å². The van der Waals surface area contributed by atoms with Crippen molar-refractivity contribution in [2.75, 3.05) is 4.31 Å². The minimum absolute atomic E-state index is 0.0247. The van der Waals surface area contributed by atoms with Crippen molar-refractivity contribution in [3.05, 3.63) is 58.1 Å². The molecule has 2 rings (SSSR count). The lowest BCUT2D eigenvalue weighted by molar-refractivity contribution is -0.137. The van der Waals surface area contributed by atoms with Gasteiger partial charge in [0.2, 0.25) is 0 Å². The highest BCUT2D eigenvalue weighted by molar-refractivity contribution is 7.82. The first-order valence-corrected chi connectivity index (χ1v) is 8.42. The fraction of sp³-hybridized carbons (Fsp3) is 0.235. The van der Waals surface area contributed by atoms with Crippen molar-refractivity contribution >= 4 is 36.1 Å². The summed E-state index contributed by atoms with van der Waals surface area (Å²) in [5.74, 6) is -0.303. The number of phenolic OH excluding ortho intramolecular Hbond substituents is 1. The highest BCUT2D eigenvalue weighted by atomic mass is 35.5. The maximum atomic E-state index is 12.5. The lowest BCUT2D eigenvalue weighted by Crippen LogP contribution is -2.33. The Kier molecular flexibility index (Phi) is 6.50. The number of phenols is 1. The number of anilines is 1. The van der Waals surface area contributed by atoms with Gasteiger partial charge in [-0.1, -0.05) is 36.5 Å². The van der Waals surface area contributed by atoms with E-state index in [1.165, 1.54) is 31.2 Å². The number of benzene rings is 2. The molecule has 0 radical (unpaired) electrons. The van der Waals surface area contributed by atoms with Gasteiger partial charge >= 0.3 is 12.2 Å². The topological polar surface area (TPSA) is 72.8 Å². The van der Waals surface area contributed by atoms with Gasteiger partial charge in [0.05, 0.1) is 22.4 Å². The van der Waals surface area contributed by atoms with Gasteiger partial charge in [0, 0.05) is 12.1 Å². The second kappa shape index (κ2) is 8.28. The van der Waals surface area contributed by atoms with Crippen molar-refractivity contribution in [2.24, 2.45) is 0 Å². The second-order valence-electron chi connectivity index (χ2n) is 5.71. The van der Waals surface area contributed by atoms with E-state index in [-0.39, 0.29) is 28.6 Å². The minimum Gasteiger partial charge on any atom is -0.506 e. The Morgan fingerprint density at radius 2 is 1.89 bits per heavy atom. The van der Waals surface area contributed by atoms with Crippen LogP contribution in [0.5, 0.6) is 5.75 Å². The SMILES string of the molecule is CC(O)c1cc(N(S)C(=O)NCc2ccc(C(F)(F)F)cc2)cc(Cl)c1O. The van der Waals surface area contributed by atoms with Crippen molar-refractivity contribution in [1.29, 1.82) is 0 Å². The van der Waals surface area contributed by atoms with Crippen LogP contribution in [0.2, 0.25) is 5.02 Å². The van der Waals surface area contributed by atoms with Crippen molar-refractivity contribution in [1.82, 2.24) is 5.32 Å². The molecule has 27 heavy (non-hydrogen) atoms. The van der Waals surface area contributed by atoms with Gasteiger partial charge in [-0.2, -0.15) is 13.2 Å². The zero-order valence-corrected chi connectivity index (χ0v) is 15.6.